The van der Waals surface area contributed by atoms with Crippen LogP contribution in [0.25, 0.3) is 10.8 Å². The topological polar surface area (TPSA) is 66.9 Å². The van der Waals surface area contributed by atoms with Crippen molar-refractivity contribution >= 4 is 33.9 Å². The molecule has 2 N–H and O–H groups in total. The maximum Gasteiger partial charge on any atom is 0.259 e. The number of fused-ring (bicyclic) bond motifs is 1. The number of benzene rings is 2. The van der Waals surface area contributed by atoms with Gasteiger partial charge in [-0.2, -0.15) is 0 Å². The molecule has 4 rings (SSSR count). The van der Waals surface area contributed by atoms with Crippen molar-refractivity contribution in [2.45, 2.75) is 26.7 Å². The predicted octanol–water partition coefficient (Wildman–Crippen LogP) is 6.20. The molecule has 156 valence electrons. The lowest BCUT2D eigenvalue weighted by Crippen LogP contribution is -2.15. The fourth-order valence-corrected chi connectivity index (χ4v) is 3.61. The van der Waals surface area contributed by atoms with E-state index in [1.807, 2.05) is 49.4 Å². The summed E-state index contributed by atoms with van der Waals surface area (Å²) in [5.41, 5.74) is 3.81. The Morgan fingerprint density at radius 3 is 2.55 bits per heavy atom. The second kappa shape index (κ2) is 8.52. The van der Waals surface area contributed by atoms with Crippen molar-refractivity contribution in [1.82, 2.24) is 9.97 Å². The number of carbonyl (C=O) groups is 1. The molecule has 0 radical (unpaired) electrons. The number of aromatic nitrogens is 2. The van der Waals surface area contributed by atoms with Crippen molar-refractivity contribution in [2.75, 3.05) is 10.6 Å². The molecule has 0 atom stereocenters. The molecule has 31 heavy (non-hydrogen) atoms. The van der Waals surface area contributed by atoms with Crippen molar-refractivity contribution in [3.8, 4) is 0 Å². The van der Waals surface area contributed by atoms with Gasteiger partial charge in [-0.1, -0.05) is 26.0 Å². The first-order valence-corrected chi connectivity index (χ1v) is 10.1. The van der Waals surface area contributed by atoms with E-state index >= 15 is 0 Å². The molecule has 0 aliphatic rings. The second-order valence-electron chi connectivity index (χ2n) is 7.79. The number of rotatable bonds is 5. The number of amides is 1. The first kappa shape index (κ1) is 20.5. The van der Waals surface area contributed by atoms with Gasteiger partial charge in [-0.25, -0.2) is 9.37 Å². The van der Waals surface area contributed by atoms with Gasteiger partial charge in [-0.3, -0.25) is 9.78 Å². The van der Waals surface area contributed by atoms with Gasteiger partial charge < -0.3 is 10.6 Å². The van der Waals surface area contributed by atoms with Gasteiger partial charge in [-0.15, -0.1) is 0 Å². The average Bonchev–Trinajstić information content (AvgIpc) is 2.74. The summed E-state index contributed by atoms with van der Waals surface area (Å²) < 4.78 is 13.9. The number of carbonyl (C=O) groups excluding carboxylic acids is 1. The third-order valence-electron chi connectivity index (χ3n) is 5.15. The summed E-state index contributed by atoms with van der Waals surface area (Å²) in [5, 5.41) is 7.97. The molecule has 0 unspecified atom stereocenters. The van der Waals surface area contributed by atoms with Gasteiger partial charge in [0.15, 0.2) is 0 Å². The van der Waals surface area contributed by atoms with E-state index in [1.54, 1.807) is 12.4 Å². The number of hydrogen-bond acceptors (Lipinski definition) is 4. The van der Waals surface area contributed by atoms with Gasteiger partial charge in [0, 0.05) is 29.2 Å². The number of halogens is 1. The molecule has 0 saturated heterocycles. The Balaban J connectivity index is 1.61. The Kier molecular flexibility index (Phi) is 5.62. The highest BCUT2D eigenvalue weighted by Crippen LogP contribution is 2.26. The van der Waals surface area contributed by atoms with E-state index in [-0.39, 0.29) is 11.4 Å². The van der Waals surface area contributed by atoms with E-state index in [2.05, 4.69) is 34.4 Å². The summed E-state index contributed by atoms with van der Waals surface area (Å²) in [6.45, 7) is 6.26. The molecule has 2 aromatic carbocycles. The normalized spacial score (nSPS) is 11.0. The minimum absolute atomic E-state index is 0.122. The summed E-state index contributed by atoms with van der Waals surface area (Å²) in [7, 11) is 0. The lowest BCUT2D eigenvalue weighted by molar-refractivity contribution is 0.102. The number of aryl methyl sites for hydroxylation is 1. The number of nitrogens with one attached hydrogen (secondary N) is 2. The third-order valence-corrected chi connectivity index (χ3v) is 5.15. The fraction of sp³-hybridized carbons (Fsp3) is 0.160. The highest BCUT2D eigenvalue weighted by molar-refractivity contribution is 6.08. The smallest absolute Gasteiger partial charge is 0.259 e. The highest BCUT2D eigenvalue weighted by Gasteiger charge is 2.16. The number of anilines is 3. The third kappa shape index (κ3) is 4.53. The zero-order valence-corrected chi connectivity index (χ0v) is 17.6. The molecule has 0 fully saturated rings. The monoisotopic (exact) mass is 414 g/mol. The molecule has 1 amide bonds. The SMILES string of the molecule is Cc1cc(NC(=O)c2cc(F)cnc2Nc2ccc3ccncc3c2)ccc1C(C)C. The summed E-state index contributed by atoms with van der Waals surface area (Å²) in [6.07, 6.45) is 4.58. The Morgan fingerprint density at radius 1 is 0.968 bits per heavy atom. The summed E-state index contributed by atoms with van der Waals surface area (Å²) in [6, 6.07) is 14.6. The summed E-state index contributed by atoms with van der Waals surface area (Å²) >= 11 is 0. The lowest BCUT2D eigenvalue weighted by Gasteiger charge is -2.14. The van der Waals surface area contributed by atoms with Gasteiger partial charge in [0.2, 0.25) is 0 Å². The first-order chi connectivity index (χ1) is 14.9. The van der Waals surface area contributed by atoms with Gasteiger partial charge in [-0.05, 0) is 65.8 Å². The number of hydrogen-bond donors (Lipinski definition) is 2. The number of nitrogens with zero attached hydrogens (tertiary/aromatic N) is 2. The van der Waals surface area contributed by atoms with Crippen LogP contribution in [0, 0.1) is 12.7 Å². The largest absolute Gasteiger partial charge is 0.340 e. The van der Waals surface area contributed by atoms with Crippen LogP contribution in [0.1, 0.15) is 41.3 Å². The van der Waals surface area contributed by atoms with Gasteiger partial charge >= 0.3 is 0 Å². The van der Waals surface area contributed by atoms with E-state index in [0.29, 0.717) is 11.6 Å². The molecule has 2 aromatic heterocycles. The van der Waals surface area contributed by atoms with Crippen molar-refractivity contribution in [2.24, 2.45) is 0 Å². The van der Waals surface area contributed by atoms with Crippen LogP contribution >= 0.6 is 0 Å². The minimum atomic E-state index is -0.579. The molecule has 0 saturated carbocycles. The molecule has 2 heterocycles. The Bertz CT molecular complexity index is 1270. The van der Waals surface area contributed by atoms with Crippen molar-refractivity contribution in [3.63, 3.8) is 0 Å². The molecule has 0 spiro atoms. The van der Waals surface area contributed by atoms with E-state index in [0.717, 1.165) is 28.2 Å². The van der Waals surface area contributed by atoms with E-state index < -0.39 is 11.7 Å². The zero-order chi connectivity index (χ0) is 22.0. The molecular weight excluding hydrogens is 391 g/mol. The first-order valence-electron chi connectivity index (χ1n) is 10.1. The van der Waals surface area contributed by atoms with Crippen LogP contribution in [0.15, 0.2) is 67.1 Å². The Morgan fingerprint density at radius 2 is 1.77 bits per heavy atom. The number of pyridine rings is 2. The highest BCUT2D eigenvalue weighted by atomic mass is 19.1. The molecule has 5 nitrogen and oxygen atoms in total. The quantitative estimate of drug-likeness (QED) is 0.408. The summed E-state index contributed by atoms with van der Waals surface area (Å²) in [5.74, 6) is -0.346. The van der Waals surface area contributed by atoms with Crippen LogP contribution < -0.4 is 10.6 Å². The van der Waals surface area contributed by atoms with Crippen molar-refractivity contribution in [1.29, 1.82) is 0 Å². The summed E-state index contributed by atoms with van der Waals surface area (Å²) in [4.78, 5) is 21.2. The second-order valence-corrected chi connectivity index (χ2v) is 7.79. The van der Waals surface area contributed by atoms with E-state index in [1.165, 1.54) is 11.6 Å². The van der Waals surface area contributed by atoms with E-state index in [4.69, 9.17) is 0 Å². The molecule has 0 aliphatic carbocycles. The molecule has 0 aliphatic heterocycles. The minimum Gasteiger partial charge on any atom is -0.340 e. The van der Waals surface area contributed by atoms with Crippen molar-refractivity contribution in [3.05, 3.63) is 89.6 Å². The van der Waals surface area contributed by atoms with Crippen LogP contribution in [-0.2, 0) is 0 Å². The van der Waals surface area contributed by atoms with Gasteiger partial charge in [0.05, 0.1) is 11.8 Å². The van der Waals surface area contributed by atoms with E-state index in [9.17, 15) is 9.18 Å². The Labute approximate surface area is 180 Å². The fourth-order valence-electron chi connectivity index (χ4n) is 3.61. The average molecular weight is 414 g/mol. The van der Waals surface area contributed by atoms with Crippen LogP contribution in [-0.4, -0.2) is 15.9 Å². The lowest BCUT2D eigenvalue weighted by atomic mass is 9.97. The van der Waals surface area contributed by atoms with Crippen LogP contribution in [0.2, 0.25) is 0 Å². The maximum absolute atomic E-state index is 13.9. The van der Waals surface area contributed by atoms with Crippen LogP contribution in [0.4, 0.5) is 21.6 Å². The molecule has 4 aromatic rings. The van der Waals surface area contributed by atoms with Crippen molar-refractivity contribution < 1.29 is 9.18 Å². The zero-order valence-electron chi connectivity index (χ0n) is 17.6. The van der Waals surface area contributed by atoms with Crippen LogP contribution in [0.3, 0.4) is 0 Å². The molecule has 6 heteroatoms. The predicted molar refractivity (Wildman–Crippen MR) is 122 cm³/mol. The maximum atomic E-state index is 13.9. The molecular formula is C25H23FN4O. The van der Waals surface area contributed by atoms with Gasteiger partial charge in [0.1, 0.15) is 11.6 Å². The standard InChI is InChI=1S/C25H23FN4O/c1-15(2)22-7-6-20(10-16(22)3)30-25(31)23-12-19(26)14-28-24(23)29-21-5-4-17-8-9-27-13-18(17)11-21/h4-15H,1-3H3,(H,28,29)(H,30,31). The van der Waals surface area contributed by atoms with Crippen LogP contribution in [0.5, 0.6) is 0 Å². The Hall–Kier alpha value is -3.80. The molecule has 0 bridgehead atoms. The van der Waals surface area contributed by atoms with Gasteiger partial charge in [0.25, 0.3) is 5.91 Å².